The fourth-order valence-electron chi connectivity index (χ4n) is 1.47. The van der Waals surface area contributed by atoms with Gasteiger partial charge in [-0.1, -0.05) is 13.8 Å². The summed E-state index contributed by atoms with van der Waals surface area (Å²) in [7, 11) is 0. The van der Waals surface area contributed by atoms with Crippen LogP contribution in [0.3, 0.4) is 0 Å². The van der Waals surface area contributed by atoms with E-state index in [1.54, 1.807) is 12.1 Å². The quantitative estimate of drug-likeness (QED) is 0.546. The lowest BCUT2D eigenvalue weighted by Crippen LogP contribution is -2.23. The van der Waals surface area contributed by atoms with Crippen LogP contribution >= 0.6 is 15.9 Å². The van der Waals surface area contributed by atoms with E-state index in [0.717, 1.165) is 5.56 Å². The first-order valence-electron chi connectivity index (χ1n) is 6.05. The Morgan fingerprint density at radius 3 is 2.79 bits per heavy atom. The van der Waals surface area contributed by atoms with Crippen LogP contribution in [0.5, 0.6) is 0 Å². The third kappa shape index (κ3) is 4.81. The van der Waals surface area contributed by atoms with Crippen LogP contribution in [-0.2, 0) is 11.3 Å². The largest absolute Gasteiger partial charge is 0.460 e. The minimum Gasteiger partial charge on any atom is -0.460 e. The smallest absolute Gasteiger partial charge is 0.338 e. The van der Waals surface area contributed by atoms with Gasteiger partial charge in [-0.25, -0.2) is 4.79 Å². The van der Waals surface area contributed by atoms with Crippen molar-refractivity contribution in [1.29, 1.82) is 0 Å². The maximum absolute atomic E-state index is 11.7. The zero-order valence-electron chi connectivity index (χ0n) is 11.1. The summed E-state index contributed by atoms with van der Waals surface area (Å²) in [6.07, 6.45) is 0. The van der Waals surface area contributed by atoms with E-state index in [2.05, 4.69) is 21.2 Å². The molecule has 1 rings (SSSR count). The number of nitrogens with one attached hydrogen (secondary N) is 1. The van der Waals surface area contributed by atoms with Crippen LogP contribution in [0.15, 0.2) is 16.6 Å². The van der Waals surface area contributed by atoms with Crippen molar-refractivity contribution in [3.8, 4) is 0 Å². The van der Waals surface area contributed by atoms with Gasteiger partial charge in [-0.15, -0.1) is 0 Å². The van der Waals surface area contributed by atoms with Crippen LogP contribution < -0.4 is 11.1 Å². The zero-order valence-corrected chi connectivity index (χ0v) is 12.7. The van der Waals surface area contributed by atoms with Crippen molar-refractivity contribution in [2.45, 2.75) is 26.4 Å². The van der Waals surface area contributed by atoms with E-state index >= 15 is 0 Å². The molecular formula is C13H19BrN2O3. The number of carbonyl (C=O) groups excluding carboxylic acids is 1. The van der Waals surface area contributed by atoms with E-state index in [0.29, 0.717) is 28.3 Å². The molecule has 0 saturated heterocycles. The van der Waals surface area contributed by atoms with Gasteiger partial charge in [0.25, 0.3) is 0 Å². The minimum atomic E-state index is -0.472. The van der Waals surface area contributed by atoms with Crippen molar-refractivity contribution < 1.29 is 14.6 Å². The average Bonchev–Trinajstić information content (AvgIpc) is 2.37. The zero-order chi connectivity index (χ0) is 14.4. The van der Waals surface area contributed by atoms with Crippen molar-refractivity contribution >= 4 is 27.6 Å². The number of carbonyl (C=O) groups is 1. The molecule has 0 saturated carbocycles. The molecule has 19 heavy (non-hydrogen) atoms. The Morgan fingerprint density at radius 2 is 2.21 bits per heavy atom. The van der Waals surface area contributed by atoms with Gasteiger partial charge in [0.05, 0.1) is 17.9 Å². The van der Waals surface area contributed by atoms with E-state index in [1.165, 1.54) is 0 Å². The summed E-state index contributed by atoms with van der Waals surface area (Å²) in [4.78, 5) is 11.7. The summed E-state index contributed by atoms with van der Waals surface area (Å²) < 4.78 is 5.54. The molecule has 0 radical (unpaired) electrons. The van der Waals surface area contributed by atoms with Gasteiger partial charge in [0.15, 0.2) is 0 Å². The number of aliphatic hydroxyl groups is 1. The maximum Gasteiger partial charge on any atom is 0.338 e. The number of rotatable bonds is 6. The molecule has 0 heterocycles. The highest BCUT2D eigenvalue weighted by Crippen LogP contribution is 2.26. The molecular weight excluding hydrogens is 312 g/mol. The summed E-state index contributed by atoms with van der Waals surface area (Å²) in [5.41, 5.74) is 7.81. The Labute approximate surface area is 121 Å². The molecule has 0 atom stereocenters. The van der Waals surface area contributed by atoms with Crippen molar-refractivity contribution in [3.05, 3.63) is 27.7 Å². The van der Waals surface area contributed by atoms with E-state index in [4.69, 9.17) is 15.6 Å². The third-order valence-corrected chi connectivity index (χ3v) is 3.13. The van der Waals surface area contributed by atoms with Gasteiger partial charge in [-0.2, -0.15) is 0 Å². The average molecular weight is 331 g/mol. The van der Waals surface area contributed by atoms with E-state index in [9.17, 15) is 4.79 Å². The summed E-state index contributed by atoms with van der Waals surface area (Å²) in [6, 6.07) is 3.64. The number of nitrogen functional groups attached to an aromatic ring is 1. The predicted molar refractivity (Wildman–Crippen MR) is 77.9 cm³/mol. The molecule has 1 aromatic rings. The molecule has 0 aliphatic carbocycles. The monoisotopic (exact) mass is 330 g/mol. The molecule has 6 heteroatoms. The molecule has 0 aromatic heterocycles. The van der Waals surface area contributed by atoms with Crippen molar-refractivity contribution in [2.24, 2.45) is 0 Å². The van der Waals surface area contributed by atoms with Gasteiger partial charge in [0.2, 0.25) is 0 Å². The predicted octanol–water partition coefficient (Wildman–Crippen LogP) is 1.68. The number of hydrogen-bond donors (Lipinski definition) is 3. The SMILES string of the molecule is CC(C)NCc1cc(C(=O)OCCO)cc(Br)c1N. The molecule has 0 fully saturated rings. The number of halogens is 1. The lowest BCUT2D eigenvalue weighted by Gasteiger charge is -2.13. The van der Waals surface area contributed by atoms with Gasteiger partial charge >= 0.3 is 5.97 Å². The summed E-state index contributed by atoms with van der Waals surface area (Å²) >= 11 is 3.33. The second-order valence-corrected chi connectivity index (χ2v) is 5.28. The molecule has 0 unspecified atom stereocenters. The van der Waals surface area contributed by atoms with Crippen molar-refractivity contribution in [2.75, 3.05) is 18.9 Å². The lowest BCUT2D eigenvalue weighted by molar-refractivity contribution is 0.0433. The number of esters is 1. The van der Waals surface area contributed by atoms with Crippen LogP contribution in [0.4, 0.5) is 5.69 Å². The summed E-state index contributed by atoms with van der Waals surface area (Å²) in [6.45, 7) is 4.43. The maximum atomic E-state index is 11.7. The second-order valence-electron chi connectivity index (χ2n) is 4.43. The number of hydrogen-bond acceptors (Lipinski definition) is 5. The number of benzene rings is 1. The highest BCUT2D eigenvalue weighted by atomic mass is 79.9. The van der Waals surface area contributed by atoms with Gasteiger partial charge in [-0.05, 0) is 33.6 Å². The van der Waals surface area contributed by atoms with Crippen LogP contribution in [-0.4, -0.2) is 30.3 Å². The molecule has 0 amide bonds. The molecule has 106 valence electrons. The minimum absolute atomic E-state index is 0.0135. The van der Waals surface area contributed by atoms with E-state index in [1.807, 2.05) is 13.8 Å². The number of anilines is 1. The first-order chi connectivity index (χ1) is 8.95. The molecule has 0 aliphatic heterocycles. The molecule has 1 aromatic carbocycles. The summed E-state index contributed by atoms with van der Waals surface area (Å²) in [5.74, 6) is -0.472. The van der Waals surface area contributed by atoms with Crippen LogP contribution in [0.25, 0.3) is 0 Å². The highest BCUT2D eigenvalue weighted by molar-refractivity contribution is 9.10. The molecule has 0 aliphatic rings. The first-order valence-corrected chi connectivity index (χ1v) is 6.84. The van der Waals surface area contributed by atoms with Gasteiger partial charge in [0.1, 0.15) is 6.61 Å². The van der Waals surface area contributed by atoms with Crippen LogP contribution in [0.2, 0.25) is 0 Å². The number of nitrogens with two attached hydrogens (primary N) is 1. The van der Waals surface area contributed by atoms with E-state index in [-0.39, 0.29) is 13.2 Å². The Kier molecular flexibility index (Phi) is 6.27. The first kappa shape index (κ1) is 15.9. The Morgan fingerprint density at radius 1 is 1.53 bits per heavy atom. The van der Waals surface area contributed by atoms with Gasteiger partial charge in [-0.3, -0.25) is 0 Å². The number of ether oxygens (including phenoxy) is 1. The third-order valence-electron chi connectivity index (χ3n) is 2.48. The van der Waals surface area contributed by atoms with Crippen LogP contribution in [0, 0.1) is 0 Å². The van der Waals surface area contributed by atoms with Crippen LogP contribution in [0.1, 0.15) is 29.8 Å². The van der Waals surface area contributed by atoms with Gasteiger partial charge in [0, 0.05) is 17.1 Å². The lowest BCUT2D eigenvalue weighted by atomic mass is 10.1. The fraction of sp³-hybridized carbons (Fsp3) is 0.462. The summed E-state index contributed by atoms with van der Waals surface area (Å²) in [5, 5.41) is 11.9. The topological polar surface area (TPSA) is 84.6 Å². The van der Waals surface area contributed by atoms with Crippen molar-refractivity contribution in [1.82, 2.24) is 5.32 Å². The van der Waals surface area contributed by atoms with Gasteiger partial charge < -0.3 is 20.9 Å². The van der Waals surface area contributed by atoms with Crippen molar-refractivity contribution in [3.63, 3.8) is 0 Å². The Hall–Kier alpha value is -1.11. The Bertz CT molecular complexity index is 450. The standard InChI is InChI=1S/C13H19BrN2O3/c1-8(2)16-7-10-5-9(6-11(14)12(10)15)13(18)19-4-3-17/h5-6,8,16-17H,3-4,7,15H2,1-2H3. The Balaban J connectivity index is 2.92. The molecule has 0 spiro atoms. The highest BCUT2D eigenvalue weighted by Gasteiger charge is 2.13. The second kappa shape index (κ2) is 7.47. The fourth-order valence-corrected chi connectivity index (χ4v) is 1.98. The molecule has 0 bridgehead atoms. The normalized spacial score (nSPS) is 10.8. The number of aliphatic hydroxyl groups excluding tert-OH is 1. The molecule has 4 N–H and O–H groups in total. The van der Waals surface area contributed by atoms with E-state index < -0.39 is 5.97 Å². The molecule has 5 nitrogen and oxygen atoms in total.